The fraction of sp³-hybridized carbons (Fsp3) is 0.214. The lowest BCUT2D eigenvalue weighted by Crippen LogP contribution is -2.45. The van der Waals surface area contributed by atoms with E-state index >= 15 is 0 Å². The second kappa shape index (κ2) is 4.89. The fourth-order valence-electron chi connectivity index (χ4n) is 2.50. The Morgan fingerprint density at radius 3 is 2.71 bits per heavy atom. The SMILES string of the molecule is CN1C(=O)C(c2ccccc2Cl)N(C)c2nc(N)ncc21. The van der Waals surface area contributed by atoms with Gasteiger partial charge in [-0.1, -0.05) is 29.8 Å². The van der Waals surface area contributed by atoms with E-state index in [1.807, 2.05) is 18.2 Å². The molecule has 6 nitrogen and oxygen atoms in total. The summed E-state index contributed by atoms with van der Waals surface area (Å²) in [7, 11) is 3.49. The first-order chi connectivity index (χ1) is 10.0. The molecule has 0 saturated heterocycles. The van der Waals surface area contributed by atoms with Gasteiger partial charge in [0.15, 0.2) is 5.82 Å². The molecule has 2 heterocycles. The summed E-state index contributed by atoms with van der Waals surface area (Å²) in [5.74, 6) is 0.683. The Kier molecular flexibility index (Phi) is 3.17. The van der Waals surface area contributed by atoms with Crippen molar-refractivity contribution in [3.8, 4) is 0 Å². The number of amides is 1. The largest absolute Gasteiger partial charge is 0.368 e. The Labute approximate surface area is 127 Å². The number of hydrogen-bond acceptors (Lipinski definition) is 5. The maximum Gasteiger partial charge on any atom is 0.254 e. The molecule has 3 rings (SSSR count). The molecule has 1 unspecified atom stereocenters. The molecule has 7 heteroatoms. The van der Waals surface area contributed by atoms with Gasteiger partial charge in [-0.15, -0.1) is 0 Å². The van der Waals surface area contributed by atoms with Gasteiger partial charge >= 0.3 is 0 Å². The Hall–Kier alpha value is -2.34. The molecule has 1 amide bonds. The zero-order chi connectivity index (χ0) is 15.1. The van der Waals surface area contributed by atoms with Crippen molar-refractivity contribution in [2.24, 2.45) is 0 Å². The Morgan fingerprint density at radius 2 is 2.00 bits per heavy atom. The highest BCUT2D eigenvalue weighted by molar-refractivity contribution is 6.31. The predicted molar refractivity (Wildman–Crippen MR) is 82.5 cm³/mol. The van der Waals surface area contributed by atoms with E-state index in [1.165, 1.54) is 4.90 Å². The van der Waals surface area contributed by atoms with Crippen LogP contribution in [0.5, 0.6) is 0 Å². The standard InChI is InChI=1S/C14H14ClN5O/c1-19-10-7-17-14(16)18-12(10)20(2)11(13(19)21)8-5-3-4-6-9(8)15/h3-7,11H,1-2H3,(H2,16,17,18). The van der Waals surface area contributed by atoms with Gasteiger partial charge in [-0.2, -0.15) is 4.98 Å². The molecule has 1 aromatic carbocycles. The highest BCUT2D eigenvalue weighted by Crippen LogP contribution is 2.40. The monoisotopic (exact) mass is 303 g/mol. The Balaban J connectivity index is 2.16. The number of nitrogens with two attached hydrogens (primary N) is 1. The third-order valence-electron chi connectivity index (χ3n) is 3.62. The van der Waals surface area contributed by atoms with Gasteiger partial charge in [-0.05, 0) is 6.07 Å². The van der Waals surface area contributed by atoms with Crippen LogP contribution >= 0.6 is 11.6 Å². The number of likely N-dealkylation sites (N-methyl/N-ethyl adjacent to an activating group) is 2. The van der Waals surface area contributed by atoms with Crippen molar-refractivity contribution in [3.63, 3.8) is 0 Å². The molecule has 0 saturated carbocycles. The molecule has 0 bridgehead atoms. The lowest BCUT2D eigenvalue weighted by Gasteiger charge is -2.38. The third kappa shape index (κ3) is 2.08. The van der Waals surface area contributed by atoms with Crippen LogP contribution in [0.25, 0.3) is 0 Å². The van der Waals surface area contributed by atoms with Crippen LogP contribution in [0.4, 0.5) is 17.5 Å². The van der Waals surface area contributed by atoms with Gasteiger partial charge in [0.2, 0.25) is 5.95 Å². The minimum atomic E-state index is -0.537. The van der Waals surface area contributed by atoms with Gasteiger partial charge in [0.25, 0.3) is 5.91 Å². The zero-order valence-electron chi connectivity index (χ0n) is 11.6. The molecule has 108 valence electrons. The van der Waals surface area contributed by atoms with Gasteiger partial charge in [0, 0.05) is 24.7 Å². The van der Waals surface area contributed by atoms with Crippen molar-refractivity contribution < 1.29 is 4.79 Å². The summed E-state index contributed by atoms with van der Waals surface area (Å²) in [5, 5.41) is 0.543. The van der Waals surface area contributed by atoms with Crippen molar-refractivity contribution in [2.45, 2.75) is 6.04 Å². The minimum Gasteiger partial charge on any atom is -0.368 e. The molecule has 0 aliphatic carbocycles. The summed E-state index contributed by atoms with van der Waals surface area (Å²) in [4.78, 5) is 24.2. The molecule has 2 N–H and O–H groups in total. The van der Waals surface area contributed by atoms with E-state index in [9.17, 15) is 4.79 Å². The van der Waals surface area contributed by atoms with Crippen molar-refractivity contribution in [2.75, 3.05) is 29.6 Å². The second-order valence-corrected chi connectivity index (χ2v) is 5.28. The summed E-state index contributed by atoms with van der Waals surface area (Å²) >= 11 is 6.24. The maximum absolute atomic E-state index is 12.7. The lowest BCUT2D eigenvalue weighted by atomic mass is 10.0. The quantitative estimate of drug-likeness (QED) is 0.870. The number of aromatic nitrogens is 2. The zero-order valence-corrected chi connectivity index (χ0v) is 12.4. The van der Waals surface area contributed by atoms with Crippen LogP contribution < -0.4 is 15.5 Å². The summed E-state index contributed by atoms with van der Waals surface area (Å²) < 4.78 is 0. The first-order valence-corrected chi connectivity index (χ1v) is 6.76. The number of carbonyl (C=O) groups is 1. The Bertz CT molecular complexity index is 720. The number of nitrogens with zero attached hydrogens (tertiary/aromatic N) is 4. The van der Waals surface area contributed by atoms with Crippen molar-refractivity contribution >= 4 is 35.0 Å². The van der Waals surface area contributed by atoms with Gasteiger partial charge in [-0.25, -0.2) is 4.98 Å². The van der Waals surface area contributed by atoms with Crippen molar-refractivity contribution in [3.05, 3.63) is 41.0 Å². The first-order valence-electron chi connectivity index (χ1n) is 6.38. The minimum absolute atomic E-state index is 0.0912. The average Bonchev–Trinajstić information content (AvgIpc) is 2.47. The molecular weight excluding hydrogens is 290 g/mol. The van der Waals surface area contributed by atoms with Crippen LogP contribution in [0.1, 0.15) is 11.6 Å². The van der Waals surface area contributed by atoms with Crippen LogP contribution in [0.15, 0.2) is 30.5 Å². The van der Waals surface area contributed by atoms with E-state index in [2.05, 4.69) is 9.97 Å². The normalized spacial score (nSPS) is 17.9. The van der Waals surface area contributed by atoms with E-state index in [1.54, 1.807) is 31.3 Å². The highest BCUT2D eigenvalue weighted by Gasteiger charge is 2.37. The van der Waals surface area contributed by atoms with Gasteiger partial charge < -0.3 is 15.5 Å². The number of carbonyl (C=O) groups excluding carboxylic acids is 1. The number of anilines is 3. The van der Waals surface area contributed by atoms with E-state index < -0.39 is 6.04 Å². The first kappa shape index (κ1) is 13.6. The topological polar surface area (TPSA) is 75.4 Å². The van der Waals surface area contributed by atoms with Crippen molar-refractivity contribution in [1.82, 2.24) is 9.97 Å². The number of halogens is 1. The summed E-state index contributed by atoms with van der Waals surface area (Å²) in [5.41, 5.74) is 7.02. The number of fused-ring (bicyclic) bond motifs is 1. The highest BCUT2D eigenvalue weighted by atomic mass is 35.5. The van der Waals surface area contributed by atoms with E-state index in [0.717, 1.165) is 5.56 Å². The molecule has 21 heavy (non-hydrogen) atoms. The van der Waals surface area contributed by atoms with Crippen LogP contribution in [-0.4, -0.2) is 30.0 Å². The number of rotatable bonds is 1. The van der Waals surface area contributed by atoms with Crippen LogP contribution in [0.2, 0.25) is 5.02 Å². The summed E-state index contributed by atoms with van der Waals surface area (Å²) in [6, 6.07) is 6.75. The van der Waals surface area contributed by atoms with Crippen LogP contribution in [-0.2, 0) is 4.79 Å². The molecular formula is C14H14ClN5O. The predicted octanol–water partition coefficient (Wildman–Crippen LogP) is 1.87. The Morgan fingerprint density at radius 1 is 1.29 bits per heavy atom. The van der Waals surface area contributed by atoms with Gasteiger partial charge in [-0.3, -0.25) is 4.79 Å². The average molecular weight is 304 g/mol. The molecule has 1 aliphatic rings. The summed E-state index contributed by atoms with van der Waals surface area (Å²) in [6.45, 7) is 0. The molecule has 1 aromatic heterocycles. The third-order valence-corrected chi connectivity index (χ3v) is 3.96. The smallest absolute Gasteiger partial charge is 0.254 e. The molecule has 0 spiro atoms. The van der Waals surface area contributed by atoms with E-state index in [-0.39, 0.29) is 11.9 Å². The molecule has 1 aliphatic heterocycles. The molecule has 1 atom stereocenters. The lowest BCUT2D eigenvalue weighted by molar-refractivity contribution is -0.120. The number of benzene rings is 1. The number of hydrogen-bond donors (Lipinski definition) is 1. The molecule has 0 fully saturated rings. The van der Waals surface area contributed by atoms with Crippen LogP contribution in [0.3, 0.4) is 0 Å². The van der Waals surface area contributed by atoms with Crippen molar-refractivity contribution in [1.29, 1.82) is 0 Å². The molecule has 0 radical (unpaired) electrons. The maximum atomic E-state index is 12.7. The number of nitrogen functional groups attached to an aromatic ring is 1. The van der Waals surface area contributed by atoms with E-state index in [0.29, 0.717) is 16.5 Å². The molecule has 2 aromatic rings. The second-order valence-electron chi connectivity index (χ2n) is 4.87. The van der Waals surface area contributed by atoms with Crippen LogP contribution in [0, 0.1) is 0 Å². The van der Waals surface area contributed by atoms with Gasteiger partial charge in [0.05, 0.1) is 6.20 Å². The van der Waals surface area contributed by atoms with Gasteiger partial charge in [0.1, 0.15) is 11.7 Å². The fourth-order valence-corrected chi connectivity index (χ4v) is 2.74. The van der Waals surface area contributed by atoms with E-state index in [4.69, 9.17) is 17.3 Å². The summed E-state index contributed by atoms with van der Waals surface area (Å²) in [6.07, 6.45) is 1.55.